The topological polar surface area (TPSA) is 38.9 Å². The van der Waals surface area contributed by atoms with Crippen LogP contribution in [0.5, 0.6) is 0 Å². The van der Waals surface area contributed by atoms with Crippen LogP contribution in [-0.2, 0) is 0 Å². The second-order valence-electron chi connectivity index (χ2n) is 12.7. The maximum absolute atomic E-state index is 6.56. The van der Waals surface area contributed by atoms with Gasteiger partial charge in [-0.3, -0.25) is 4.98 Å². The van der Waals surface area contributed by atoms with Crippen LogP contribution in [-0.4, -0.2) is 9.97 Å². The average Bonchev–Trinajstić information content (AvgIpc) is 3.66. The lowest BCUT2D eigenvalue weighted by atomic mass is 9.95. The Hall–Kier alpha value is -6.84. The molecule has 0 aliphatic carbocycles. The average molecular weight is 653 g/mol. The zero-order chi connectivity index (χ0) is 34.0. The van der Waals surface area contributed by atoms with Gasteiger partial charge in [0.1, 0.15) is 5.52 Å². The van der Waals surface area contributed by atoms with Crippen LogP contribution in [0.25, 0.3) is 89.3 Å². The van der Waals surface area contributed by atoms with Crippen LogP contribution in [0.3, 0.4) is 0 Å². The summed E-state index contributed by atoms with van der Waals surface area (Å²) in [7, 11) is 0. The molecule has 0 bridgehead atoms. The SMILES string of the molecule is c1ccc(-c2ccc(-c3ccc(-c4nc5c(-c6ccc(-c7cccnc7)cc6)cc(-c6ccc(-c7ccccc7)cc6)cc5o4)cc3)cc2)cc1. The molecule has 51 heavy (non-hydrogen) atoms. The van der Waals surface area contributed by atoms with E-state index in [0.29, 0.717) is 5.89 Å². The van der Waals surface area contributed by atoms with E-state index in [-0.39, 0.29) is 0 Å². The first-order valence-corrected chi connectivity index (χ1v) is 17.1. The van der Waals surface area contributed by atoms with Crippen molar-refractivity contribution in [1.82, 2.24) is 9.97 Å². The lowest BCUT2D eigenvalue weighted by Crippen LogP contribution is -1.86. The number of nitrogens with zero attached hydrogens (tertiary/aromatic N) is 2. The summed E-state index contributed by atoms with van der Waals surface area (Å²) < 4.78 is 6.56. The highest BCUT2D eigenvalue weighted by Crippen LogP contribution is 2.38. The maximum Gasteiger partial charge on any atom is 0.227 e. The summed E-state index contributed by atoms with van der Waals surface area (Å²) >= 11 is 0. The molecule has 9 aromatic rings. The quantitative estimate of drug-likeness (QED) is 0.172. The van der Waals surface area contributed by atoms with Crippen molar-refractivity contribution in [2.45, 2.75) is 0 Å². The fraction of sp³-hybridized carbons (Fsp3) is 0. The number of oxazole rings is 1. The number of hydrogen-bond donors (Lipinski definition) is 0. The summed E-state index contributed by atoms with van der Waals surface area (Å²) in [4.78, 5) is 9.40. The van der Waals surface area contributed by atoms with Crippen LogP contribution in [0, 0.1) is 0 Å². The number of pyridine rings is 1. The molecule has 0 saturated heterocycles. The van der Waals surface area contributed by atoms with Crippen molar-refractivity contribution < 1.29 is 4.42 Å². The van der Waals surface area contributed by atoms with Crippen molar-refractivity contribution in [3.05, 3.63) is 194 Å². The van der Waals surface area contributed by atoms with Gasteiger partial charge >= 0.3 is 0 Å². The third-order valence-corrected chi connectivity index (χ3v) is 9.47. The Kier molecular flexibility index (Phi) is 7.84. The molecular formula is C48H32N2O. The van der Waals surface area contributed by atoms with E-state index in [2.05, 4.69) is 169 Å². The van der Waals surface area contributed by atoms with Gasteiger partial charge in [0.15, 0.2) is 5.58 Å². The Morgan fingerprint density at radius 3 is 1.24 bits per heavy atom. The second kappa shape index (κ2) is 13.2. The fourth-order valence-electron chi connectivity index (χ4n) is 6.69. The molecule has 3 nitrogen and oxygen atoms in total. The molecule has 3 heteroatoms. The fourth-order valence-corrected chi connectivity index (χ4v) is 6.69. The molecule has 0 radical (unpaired) electrons. The van der Waals surface area contributed by atoms with E-state index in [4.69, 9.17) is 9.40 Å². The second-order valence-corrected chi connectivity index (χ2v) is 12.7. The van der Waals surface area contributed by atoms with Gasteiger partial charge in [-0.05, 0) is 91.5 Å². The molecule has 7 aromatic carbocycles. The van der Waals surface area contributed by atoms with Gasteiger partial charge < -0.3 is 4.42 Å². The minimum atomic E-state index is 0.598. The van der Waals surface area contributed by atoms with Crippen LogP contribution in [0.4, 0.5) is 0 Å². The highest BCUT2D eigenvalue weighted by molar-refractivity contribution is 5.96. The molecule has 0 N–H and O–H groups in total. The number of aromatic nitrogens is 2. The number of benzene rings is 7. The first kappa shape index (κ1) is 30.2. The third kappa shape index (κ3) is 6.14. The molecule has 2 aromatic heterocycles. The van der Waals surface area contributed by atoms with Crippen LogP contribution in [0.1, 0.15) is 0 Å². The normalized spacial score (nSPS) is 11.1. The molecule has 0 fully saturated rings. The van der Waals surface area contributed by atoms with Gasteiger partial charge in [0.05, 0.1) is 0 Å². The van der Waals surface area contributed by atoms with E-state index in [1.165, 1.54) is 27.8 Å². The van der Waals surface area contributed by atoms with E-state index in [1.54, 1.807) is 6.20 Å². The molecule has 0 aliphatic rings. The molecule has 0 atom stereocenters. The molecule has 0 saturated carbocycles. The summed E-state index contributed by atoms with van der Waals surface area (Å²) in [6.07, 6.45) is 3.69. The van der Waals surface area contributed by atoms with Gasteiger partial charge in [0.25, 0.3) is 0 Å². The summed E-state index contributed by atoms with van der Waals surface area (Å²) in [6.45, 7) is 0. The zero-order valence-corrected chi connectivity index (χ0v) is 27.8. The van der Waals surface area contributed by atoms with E-state index in [9.17, 15) is 0 Å². The van der Waals surface area contributed by atoms with E-state index in [1.807, 2.05) is 24.4 Å². The largest absolute Gasteiger partial charge is 0.436 e. The van der Waals surface area contributed by atoms with Crippen molar-refractivity contribution in [3.63, 3.8) is 0 Å². The van der Waals surface area contributed by atoms with Gasteiger partial charge in [0.2, 0.25) is 5.89 Å². The van der Waals surface area contributed by atoms with E-state index < -0.39 is 0 Å². The Morgan fingerprint density at radius 2 is 0.745 bits per heavy atom. The Balaban J connectivity index is 1.08. The van der Waals surface area contributed by atoms with Gasteiger partial charge in [0, 0.05) is 23.5 Å². The first-order chi connectivity index (χ1) is 25.2. The lowest BCUT2D eigenvalue weighted by molar-refractivity contribution is 0.620. The van der Waals surface area contributed by atoms with Crippen LogP contribution >= 0.6 is 0 Å². The number of hydrogen-bond acceptors (Lipinski definition) is 3. The third-order valence-electron chi connectivity index (χ3n) is 9.47. The predicted molar refractivity (Wildman–Crippen MR) is 210 cm³/mol. The van der Waals surface area contributed by atoms with Crippen LogP contribution in [0.15, 0.2) is 199 Å². The minimum absolute atomic E-state index is 0.598. The van der Waals surface area contributed by atoms with Crippen LogP contribution in [0.2, 0.25) is 0 Å². The van der Waals surface area contributed by atoms with Crippen LogP contribution < -0.4 is 0 Å². The molecule has 0 unspecified atom stereocenters. The Morgan fingerprint density at radius 1 is 0.333 bits per heavy atom. The summed E-state index contributed by atoms with van der Waals surface area (Å²) in [6, 6.07) is 63.8. The number of rotatable bonds is 7. The van der Waals surface area contributed by atoms with Crippen molar-refractivity contribution in [1.29, 1.82) is 0 Å². The monoisotopic (exact) mass is 652 g/mol. The van der Waals surface area contributed by atoms with Gasteiger partial charge in [-0.25, -0.2) is 4.98 Å². The zero-order valence-electron chi connectivity index (χ0n) is 27.8. The summed E-state index contributed by atoms with van der Waals surface area (Å²) in [5.41, 5.74) is 16.1. The molecule has 0 aliphatic heterocycles. The Bertz CT molecular complexity index is 2560. The highest BCUT2D eigenvalue weighted by atomic mass is 16.3. The smallest absolute Gasteiger partial charge is 0.227 e. The standard InChI is InChI=1S/C48H32N2O/c1-3-8-33(9-4-1)35-13-15-37(16-14-35)38-23-27-42(28-24-38)48-50-47-45(41-25-21-39(22-26-41)43-12-7-29-49-32-43)30-44(31-46(47)51-48)40-19-17-36(18-20-40)34-10-5-2-6-11-34/h1-32H. The molecular weight excluding hydrogens is 621 g/mol. The van der Waals surface area contributed by atoms with Crippen molar-refractivity contribution in [2.24, 2.45) is 0 Å². The van der Waals surface area contributed by atoms with E-state index in [0.717, 1.165) is 55.6 Å². The van der Waals surface area contributed by atoms with Crippen molar-refractivity contribution >= 4 is 11.1 Å². The number of fused-ring (bicyclic) bond motifs is 1. The predicted octanol–water partition coefficient (Wildman–Crippen LogP) is 12.9. The molecule has 0 spiro atoms. The molecule has 0 amide bonds. The summed E-state index contributed by atoms with van der Waals surface area (Å²) in [5.74, 6) is 0.598. The lowest BCUT2D eigenvalue weighted by Gasteiger charge is -2.09. The van der Waals surface area contributed by atoms with Gasteiger partial charge in [-0.2, -0.15) is 0 Å². The first-order valence-electron chi connectivity index (χ1n) is 17.1. The van der Waals surface area contributed by atoms with Crippen molar-refractivity contribution in [3.8, 4) is 78.2 Å². The Labute approximate surface area is 297 Å². The van der Waals surface area contributed by atoms with Gasteiger partial charge in [-0.15, -0.1) is 0 Å². The molecule has 9 rings (SSSR count). The maximum atomic E-state index is 6.56. The van der Waals surface area contributed by atoms with E-state index >= 15 is 0 Å². The highest BCUT2D eigenvalue weighted by Gasteiger charge is 2.16. The minimum Gasteiger partial charge on any atom is -0.436 e. The summed E-state index contributed by atoms with van der Waals surface area (Å²) in [5, 5.41) is 0. The molecule has 240 valence electrons. The van der Waals surface area contributed by atoms with Crippen molar-refractivity contribution in [2.75, 3.05) is 0 Å². The van der Waals surface area contributed by atoms with Gasteiger partial charge in [-0.1, -0.05) is 152 Å². The molecule has 2 heterocycles.